The molecule has 0 atom stereocenters. The van der Waals surface area contributed by atoms with Gasteiger partial charge in [0, 0.05) is 19.1 Å². The maximum Gasteiger partial charge on any atom is 0.389 e. The molecule has 0 unspecified atom stereocenters. The van der Waals surface area contributed by atoms with Crippen LogP contribution in [-0.2, 0) is 16.1 Å². The lowest BCUT2D eigenvalue weighted by molar-refractivity contribution is -0.138. The lowest BCUT2D eigenvalue weighted by Crippen LogP contribution is -2.08. The summed E-state index contributed by atoms with van der Waals surface area (Å²) in [6.45, 7) is -0.125. The van der Waals surface area contributed by atoms with E-state index in [1.165, 1.54) is 18.2 Å². The first-order valence-corrected chi connectivity index (χ1v) is 6.11. The zero-order valence-corrected chi connectivity index (χ0v) is 11.0. The number of carboxylic acid groups (broad SMARTS) is 1. The molecule has 0 aliphatic rings. The second-order valence-electron chi connectivity index (χ2n) is 4.34. The highest BCUT2D eigenvalue weighted by molar-refractivity contribution is 5.85. The summed E-state index contributed by atoms with van der Waals surface area (Å²) in [5.41, 5.74) is 0.762. The molecular formula is C14H14F4O3. The third-order valence-corrected chi connectivity index (χ3v) is 2.42. The molecule has 116 valence electrons. The van der Waals surface area contributed by atoms with Crippen LogP contribution in [0.3, 0.4) is 0 Å². The van der Waals surface area contributed by atoms with Crippen LogP contribution in [0, 0.1) is 5.82 Å². The summed E-state index contributed by atoms with van der Waals surface area (Å²) in [7, 11) is 0. The molecular weight excluding hydrogens is 292 g/mol. The van der Waals surface area contributed by atoms with Crippen molar-refractivity contribution in [3.63, 3.8) is 0 Å². The number of benzene rings is 1. The predicted molar refractivity (Wildman–Crippen MR) is 68.0 cm³/mol. The van der Waals surface area contributed by atoms with Crippen molar-refractivity contribution in [2.45, 2.75) is 25.6 Å². The quantitative estimate of drug-likeness (QED) is 0.474. The van der Waals surface area contributed by atoms with Crippen LogP contribution >= 0.6 is 0 Å². The van der Waals surface area contributed by atoms with Gasteiger partial charge in [0.1, 0.15) is 5.82 Å². The van der Waals surface area contributed by atoms with E-state index in [1.54, 1.807) is 0 Å². The molecule has 0 radical (unpaired) electrons. The molecule has 1 N–H and O–H groups in total. The van der Waals surface area contributed by atoms with Crippen LogP contribution in [0.2, 0.25) is 0 Å². The smallest absolute Gasteiger partial charge is 0.389 e. The van der Waals surface area contributed by atoms with Crippen molar-refractivity contribution in [2.24, 2.45) is 0 Å². The Kier molecular flexibility index (Phi) is 6.36. The van der Waals surface area contributed by atoms with Crippen LogP contribution in [-0.4, -0.2) is 23.9 Å². The molecule has 1 aromatic rings. The Morgan fingerprint density at radius 1 is 1.29 bits per heavy atom. The largest absolute Gasteiger partial charge is 0.478 e. The van der Waals surface area contributed by atoms with E-state index >= 15 is 0 Å². The van der Waals surface area contributed by atoms with Gasteiger partial charge in [0.15, 0.2) is 0 Å². The van der Waals surface area contributed by atoms with E-state index in [4.69, 9.17) is 9.84 Å². The molecule has 0 aliphatic carbocycles. The van der Waals surface area contributed by atoms with Gasteiger partial charge in [-0.2, -0.15) is 13.2 Å². The van der Waals surface area contributed by atoms with E-state index in [0.29, 0.717) is 11.1 Å². The van der Waals surface area contributed by atoms with Gasteiger partial charge in [-0.05, 0) is 41.8 Å². The lowest BCUT2D eigenvalue weighted by atomic mass is 10.1. The number of carbonyl (C=O) groups is 1. The normalized spacial score (nSPS) is 12.0. The van der Waals surface area contributed by atoms with Crippen LogP contribution in [0.1, 0.15) is 24.0 Å². The fourth-order valence-corrected chi connectivity index (χ4v) is 1.59. The number of hydrogen-bond donors (Lipinski definition) is 1. The van der Waals surface area contributed by atoms with Crippen molar-refractivity contribution in [3.05, 3.63) is 41.2 Å². The Labute approximate surface area is 118 Å². The van der Waals surface area contributed by atoms with Crippen molar-refractivity contribution in [3.8, 4) is 0 Å². The SMILES string of the molecule is O=C(O)/C=C/c1cc(F)cc(COCCCC(F)(F)F)c1. The molecule has 0 aliphatic heterocycles. The molecule has 0 heterocycles. The maximum atomic E-state index is 13.3. The van der Waals surface area contributed by atoms with Gasteiger partial charge in [-0.25, -0.2) is 9.18 Å². The van der Waals surface area contributed by atoms with E-state index in [2.05, 4.69) is 0 Å². The Hall–Kier alpha value is -1.89. The number of alkyl halides is 3. The molecule has 7 heteroatoms. The summed E-state index contributed by atoms with van der Waals surface area (Å²) < 4.78 is 54.0. The second-order valence-corrected chi connectivity index (χ2v) is 4.34. The number of rotatable bonds is 7. The zero-order valence-electron chi connectivity index (χ0n) is 11.0. The minimum atomic E-state index is -4.21. The third-order valence-electron chi connectivity index (χ3n) is 2.42. The molecule has 0 fully saturated rings. The van der Waals surface area contributed by atoms with E-state index in [-0.39, 0.29) is 19.6 Å². The molecule has 0 bridgehead atoms. The third kappa shape index (κ3) is 8.09. The van der Waals surface area contributed by atoms with Gasteiger partial charge < -0.3 is 9.84 Å². The van der Waals surface area contributed by atoms with Crippen molar-refractivity contribution < 1.29 is 32.2 Å². The van der Waals surface area contributed by atoms with Gasteiger partial charge >= 0.3 is 12.1 Å². The van der Waals surface area contributed by atoms with Gasteiger partial charge in [0.2, 0.25) is 0 Å². The predicted octanol–water partition coefficient (Wildman–Crippen LogP) is 3.78. The Morgan fingerprint density at radius 3 is 2.62 bits per heavy atom. The zero-order chi connectivity index (χ0) is 15.9. The summed E-state index contributed by atoms with van der Waals surface area (Å²) in [6, 6.07) is 3.83. The van der Waals surface area contributed by atoms with Gasteiger partial charge in [0.25, 0.3) is 0 Å². The van der Waals surface area contributed by atoms with Crippen LogP contribution in [0.5, 0.6) is 0 Å². The molecule has 3 nitrogen and oxygen atoms in total. The molecule has 0 spiro atoms. The summed E-state index contributed by atoms with van der Waals surface area (Å²) >= 11 is 0. The highest BCUT2D eigenvalue weighted by Crippen LogP contribution is 2.21. The minimum absolute atomic E-state index is 0.0382. The Bertz CT molecular complexity index is 509. The van der Waals surface area contributed by atoms with Crippen molar-refractivity contribution in [1.82, 2.24) is 0 Å². The van der Waals surface area contributed by atoms with E-state index < -0.39 is 24.4 Å². The fourth-order valence-electron chi connectivity index (χ4n) is 1.59. The minimum Gasteiger partial charge on any atom is -0.478 e. The van der Waals surface area contributed by atoms with Crippen molar-refractivity contribution >= 4 is 12.0 Å². The monoisotopic (exact) mass is 306 g/mol. The van der Waals surface area contributed by atoms with Crippen LogP contribution < -0.4 is 0 Å². The van der Waals surface area contributed by atoms with Crippen LogP contribution in [0.4, 0.5) is 17.6 Å². The fraction of sp³-hybridized carbons (Fsp3) is 0.357. The van der Waals surface area contributed by atoms with Crippen LogP contribution in [0.25, 0.3) is 6.08 Å². The summed E-state index contributed by atoms with van der Waals surface area (Å²) in [4.78, 5) is 10.4. The first kappa shape index (κ1) is 17.2. The average molecular weight is 306 g/mol. The molecule has 21 heavy (non-hydrogen) atoms. The average Bonchev–Trinajstić information content (AvgIpc) is 2.34. The molecule has 1 aromatic carbocycles. The molecule has 0 saturated heterocycles. The molecule has 0 amide bonds. The Morgan fingerprint density at radius 2 is 2.00 bits per heavy atom. The standard InChI is InChI=1S/C14H14F4O3/c15-12-7-10(2-3-13(19)20)6-11(8-12)9-21-5-1-4-14(16,17)18/h2-3,6-8H,1,4-5,9H2,(H,19,20)/b3-2+. The van der Waals surface area contributed by atoms with Crippen molar-refractivity contribution in [2.75, 3.05) is 6.61 Å². The summed E-state index contributed by atoms with van der Waals surface area (Å²) in [5.74, 6) is -1.74. The van der Waals surface area contributed by atoms with Gasteiger partial charge in [-0.1, -0.05) is 0 Å². The number of ether oxygens (including phenoxy) is 1. The molecule has 1 rings (SSSR count). The topological polar surface area (TPSA) is 46.5 Å². The number of halogens is 4. The maximum absolute atomic E-state index is 13.3. The van der Waals surface area contributed by atoms with Gasteiger partial charge in [-0.3, -0.25) is 0 Å². The van der Waals surface area contributed by atoms with Crippen LogP contribution in [0.15, 0.2) is 24.3 Å². The van der Waals surface area contributed by atoms with E-state index in [1.807, 2.05) is 0 Å². The second kappa shape index (κ2) is 7.78. The first-order valence-electron chi connectivity index (χ1n) is 6.11. The number of carboxylic acids is 1. The Balaban J connectivity index is 2.50. The van der Waals surface area contributed by atoms with E-state index in [9.17, 15) is 22.4 Å². The number of hydrogen-bond acceptors (Lipinski definition) is 2. The highest BCUT2D eigenvalue weighted by atomic mass is 19.4. The first-order chi connectivity index (χ1) is 9.76. The molecule has 0 aromatic heterocycles. The van der Waals surface area contributed by atoms with Gasteiger partial charge in [0.05, 0.1) is 6.61 Å². The summed E-state index contributed by atoms with van der Waals surface area (Å²) in [5, 5.41) is 8.48. The highest BCUT2D eigenvalue weighted by Gasteiger charge is 2.25. The van der Waals surface area contributed by atoms with E-state index in [0.717, 1.165) is 12.1 Å². The van der Waals surface area contributed by atoms with Crippen molar-refractivity contribution in [1.29, 1.82) is 0 Å². The number of aliphatic carboxylic acids is 1. The van der Waals surface area contributed by atoms with Gasteiger partial charge in [-0.15, -0.1) is 0 Å². The lowest BCUT2D eigenvalue weighted by Gasteiger charge is -2.07. The summed E-state index contributed by atoms with van der Waals surface area (Å²) in [6.07, 6.45) is -3.22. The molecule has 0 saturated carbocycles.